The van der Waals surface area contributed by atoms with Crippen molar-refractivity contribution in [3.8, 4) is 22.6 Å². The third-order valence-electron chi connectivity index (χ3n) is 4.02. The molecule has 1 atom stereocenters. The van der Waals surface area contributed by atoms with Gasteiger partial charge in [0.2, 0.25) is 15.7 Å². The van der Waals surface area contributed by atoms with Crippen molar-refractivity contribution < 1.29 is 17.6 Å². The predicted octanol–water partition coefficient (Wildman–Crippen LogP) is 2.92. The van der Waals surface area contributed by atoms with Crippen LogP contribution >= 0.6 is 0 Å². The van der Waals surface area contributed by atoms with E-state index in [4.69, 9.17) is 4.42 Å². The van der Waals surface area contributed by atoms with Crippen LogP contribution in [0.15, 0.2) is 70.3 Å². The average Bonchev–Trinajstić information content (AvgIpc) is 3.14. The molecule has 1 N–H and O–H groups in total. The van der Waals surface area contributed by atoms with Crippen LogP contribution in [-0.2, 0) is 14.6 Å². The first-order valence-corrected chi connectivity index (χ1v) is 9.57. The van der Waals surface area contributed by atoms with Crippen LogP contribution in [0.1, 0.15) is 6.92 Å². The second kappa shape index (κ2) is 7.13. The molecule has 2 aromatic carbocycles. The van der Waals surface area contributed by atoms with Gasteiger partial charge in [0.15, 0.2) is 5.76 Å². The largest absolute Gasteiger partial charge is 0.427 e. The summed E-state index contributed by atoms with van der Waals surface area (Å²) in [5.41, 5.74) is 1.84. The van der Waals surface area contributed by atoms with E-state index in [-0.39, 0.29) is 0 Å². The fraction of sp³-hybridized carbons (Fsp3) is 0.158. The van der Waals surface area contributed by atoms with Crippen molar-refractivity contribution in [2.45, 2.75) is 17.4 Å². The lowest BCUT2D eigenvalue weighted by Gasteiger charge is -2.07. The minimum atomic E-state index is -4.06. The number of amides is 1. The highest BCUT2D eigenvalue weighted by atomic mass is 32.2. The van der Waals surface area contributed by atoms with Crippen molar-refractivity contribution in [2.75, 3.05) is 7.05 Å². The number of nitrogens with one attached hydrogen (secondary N) is 1. The first kappa shape index (κ1) is 17.9. The Morgan fingerprint density at radius 2 is 1.54 bits per heavy atom. The van der Waals surface area contributed by atoms with E-state index in [1.165, 1.54) is 14.0 Å². The van der Waals surface area contributed by atoms with E-state index in [1.807, 2.05) is 60.7 Å². The number of hydrogen-bond donors (Lipinski definition) is 1. The number of sulfone groups is 1. The summed E-state index contributed by atoms with van der Waals surface area (Å²) in [6.45, 7) is 1.31. The second-order valence-electron chi connectivity index (χ2n) is 5.69. The monoisotopic (exact) mass is 370 g/mol. The number of rotatable bonds is 5. The number of oxazole rings is 1. The fourth-order valence-corrected chi connectivity index (χ4v) is 3.61. The number of carbonyl (C=O) groups excluding carboxylic acids is 1. The topological polar surface area (TPSA) is 89.3 Å². The van der Waals surface area contributed by atoms with Crippen molar-refractivity contribution in [1.29, 1.82) is 0 Å². The molecular formula is C19H18N2O4S. The van der Waals surface area contributed by atoms with Crippen LogP contribution in [0.5, 0.6) is 0 Å². The van der Waals surface area contributed by atoms with Crippen LogP contribution in [0, 0.1) is 0 Å². The van der Waals surface area contributed by atoms with E-state index >= 15 is 0 Å². The summed E-state index contributed by atoms with van der Waals surface area (Å²) in [5, 5.41) is 0.564. The molecule has 6 nitrogen and oxygen atoms in total. The maximum Gasteiger partial charge on any atom is 0.316 e. The standard InChI is InChI=1S/C19H18N2O4S/c1-13(18(22)20-2)26(23,24)19-21-16(14-9-5-3-6-10-14)17(25-19)15-11-7-4-8-12-15/h3-13H,1-2H3,(H,20,22). The summed E-state index contributed by atoms with van der Waals surface area (Å²) in [4.78, 5) is 16.0. The zero-order valence-corrected chi connectivity index (χ0v) is 15.2. The summed E-state index contributed by atoms with van der Waals surface area (Å²) >= 11 is 0. The quantitative estimate of drug-likeness (QED) is 0.746. The molecule has 134 valence electrons. The van der Waals surface area contributed by atoms with E-state index in [0.717, 1.165) is 5.56 Å². The van der Waals surface area contributed by atoms with Gasteiger partial charge in [-0.15, -0.1) is 0 Å². The molecule has 3 rings (SSSR count). The van der Waals surface area contributed by atoms with Crippen molar-refractivity contribution in [1.82, 2.24) is 10.3 Å². The van der Waals surface area contributed by atoms with Gasteiger partial charge in [-0.25, -0.2) is 8.42 Å². The molecular weight excluding hydrogens is 352 g/mol. The van der Waals surface area contributed by atoms with Gasteiger partial charge >= 0.3 is 5.22 Å². The van der Waals surface area contributed by atoms with Gasteiger partial charge < -0.3 is 9.73 Å². The molecule has 0 bridgehead atoms. The molecule has 0 spiro atoms. The van der Waals surface area contributed by atoms with Crippen molar-refractivity contribution in [2.24, 2.45) is 0 Å². The van der Waals surface area contributed by atoms with Gasteiger partial charge in [0.25, 0.3) is 0 Å². The fourth-order valence-electron chi connectivity index (χ4n) is 2.49. The van der Waals surface area contributed by atoms with E-state index < -0.39 is 26.2 Å². The maximum absolute atomic E-state index is 12.7. The summed E-state index contributed by atoms with van der Waals surface area (Å²) in [5.74, 6) is -0.273. The molecule has 1 aromatic heterocycles. The molecule has 1 heterocycles. The lowest BCUT2D eigenvalue weighted by atomic mass is 10.1. The summed E-state index contributed by atoms with van der Waals surface area (Å²) in [7, 11) is -2.67. The van der Waals surface area contributed by atoms with Crippen LogP contribution in [0.3, 0.4) is 0 Å². The van der Waals surface area contributed by atoms with Gasteiger partial charge in [-0.05, 0) is 6.92 Å². The van der Waals surface area contributed by atoms with Gasteiger partial charge in [-0.3, -0.25) is 4.79 Å². The van der Waals surface area contributed by atoms with Gasteiger partial charge in [-0.2, -0.15) is 4.98 Å². The molecule has 3 aromatic rings. The number of aromatic nitrogens is 1. The van der Waals surface area contributed by atoms with Crippen LogP contribution in [-0.4, -0.2) is 31.6 Å². The second-order valence-corrected chi connectivity index (χ2v) is 7.84. The normalized spacial score (nSPS) is 12.5. The van der Waals surface area contributed by atoms with Gasteiger partial charge in [0.05, 0.1) is 0 Å². The minimum Gasteiger partial charge on any atom is -0.427 e. The first-order chi connectivity index (χ1) is 12.4. The molecule has 1 amide bonds. The molecule has 0 fully saturated rings. The smallest absolute Gasteiger partial charge is 0.316 e. The van der Waals surface area contributed by atoms with Crippen LogP contribution in [0.4, 0.5) is 0 Å². The van der Waals surface area contributed by atoms with Crippen LogP contribution in [0.2, 0.25) is 0 Å². The highest BCUT2D eigenvalue weighted by Crippen LogP contribution is 2.34. The third kappa shape index (κ3) is 3.25. The van der Waals surface area contributed by atoms with Crippen LogP contribution < -0.4 is 5.32 Å². The Kier molecular flexibility index (Phi) is 4.90. The Bertz CT molecular complexity index is 955. The Hall–Kier alpha value is -2.93. The van der Waals surface area contributed by atoms with Gasteiger partial charge in [0.1, 0.15) is 10.9 Å². The van der Waals surface area contributed by atoms with Crippen molar-refractivity contribution in [3.63, 3.8) is 0 Å². The SMILES string of the molecule is CNC(=O)C(C)S(=O)(=O)c1nc(-c2ccccc2)c(-c2ccccc2)o1. The Labute approximate surface area is 151 Å². The van der Waals surface area contributed by atoms with Gasteiger partial charge in [0, 0.05) is 18.2 Å². The highest BCUT2D eigenvalue weighted by molar-refractivity contribution is 7.92. The van der Waals surface area contributed by atoms with E-state index in [2.05, 4.69) is 10.3 Å². The molecule has 0 saturated heterocycles. The summed E-state index contributed by atoms with van der Waals surface area (Å²) in [6.07, 6.45) is 0. The van der Waals surface area contributed by atoms with Crippen molar-refractivity contribution >= 4 is 15.7 Å². The molecule has 0 aliphatic rings. The molecule has 26 heavy (non-hydrogen) atoms. The Balaban J connectivity index is 2.18. The molecule has 0 radical (unpaired) electrons. The number of hydrogen-bond acceptors (Lipinski definition) is 5. The third-order valence-corrected chi connectivity index (χ3v) is 5.82. The molecule has 7 heteroatoms. The number of nitrogens with zero attached hydrogens (tertiary/aromatic N) is 1. The Morgan fingerprint density at radius 3 is 2.08 bits per heavy atom. The lowest BCUT2D eigenvalue weighted by Crippen LogP contribution is -2.35. The first-order valence-electron chi connectivity index (χ1n) is 8.02. The lowest BCUT2D eigenvalue weighted by molar-refractivity contribution is -0.119. The molecule has 1 unspecified atom stereocenters. The van der Waals surface area contributed by atoms with Crippen molar-refractivity contribution in [3.05, 3.63) is 60.7 Å². The van der Waals surface area contributed by atoms with E-state index in [1.54, 1.807) is 0 Å². The number of benzene rings is 2. The zero-order chi connectivity index (χ0) is 18.7. The minimum absolute atomic E-state index is 0.347. The molecule has 0 saturated carbocycles. The van der Waals surface area contributed by atoms with Gasteiger partial charge in [-0.1, -0.05) is 60.7 Å². The highest BCUT2D eigenvalue weighted by Gasteiger charge is 2.35. The zero-order valence-electron chi connectivity index (χ0n) is 14.3. The molecule has 0 aliphatic carbocycles. The van der Waals surface area contributed by atoms with E-state index in [9.17, 15) is 13.2 Å². The van der Waals surface area contributed by atoms with E-state index in [0.29, 0.717) is 17.0 Å². The average molecular weight is 370 g/mol. The van der Waals surface area contributed by atoms with Crippen LogP contribution in [0.25, 0.3) is 22.6 Å². The predicted molar refractivity (Wildman–Crippen MR) is 98.1 cm³/mol. The Morgan fingerprint density at radius 1 is 1.00 bits per heavy atom. The number of carbonyl (C=O) groups is 1. The molecule has 0 aliphatic heterocycles. The summed E-state index contributed by atoms with van der Waals surface area (Å²) < 4.78 is 31.1. The maximum atomic E-state index is 12.7. The summed E-state index contributed by atoms with van der Waals surface area (Å²) in [6, 6.07) is 18.3.